The highest BCUT2D eigenvalue weighted by Gasteiger charge is 2.32. The van der Waals surface area contributed by atoms with Crippen molar-refractivity contribution in [3.63, 3.8) is 0 Å². The molecule has 1 N–H and O–H groups in total. The highest BCUT2D eigenvalue weighted by atomic mass is 32.2. The van der Waals surface area contributed by atoms with Crippen molar-refractivity contribution in [3.05, 3.63) is 18.2 Å². The van der Waals surface area contributed by atoms with Crippen molar-refractivity contribution in [1.82, 2.24) is 9.62 Å². The zero-order chi connectivity index (χ0) is 20.0. The van der Waals surface area contributed by atoms with E-state index in [0.29, 0.717) is 25.3 Å². The predicted octanol–water partition coefficient (Wildman–Crippen LogP) is 2.41. The highest BCUT2D eigenvalue weighted by Crippen LogP contribution is 2.28. The third kappa shape index (κ3) is 5.59. The van der Waals surface area contributed by atoms with Crippen LogP contribution in [0.5, 0.6) is 11.5 Å². The van der Waals surface area contributed by atoms with E-state index in [2.05, 4.69) is 4.72 Å². The van der Waals surface area contributed by atoms with Crippen molar-refractivity contribution in [2.45, 2.75) is 50.5 Å². The summed E-state index contributed by atoms with van der Waals surface area (Å²) in [5, 5.41) is 0. The molecule has 0 saturated carbocycles. The summed E-state index contributed by atoms with van der Waals surface area (Å²) in [6.07, 6.45) is 3.44. The smallest absolute Gasteiger partial charge is 0.245 e. The van der Waals surface area contributed by atoms with Crippen molar-refractivity contribution in [1.29, 1.82) is 0 Å². The lowest BCUT2D eigenvalue weighted by Gasteiger charge is -2.31. The molecule has 1 aliphatic rings. The van der Waals surface area contributed by atoms with Gasteiger partial charge in [-0.05, 0) is 43.7 Å². The minimum atomic E-state index is -3.97. The van der Waals surface area contributed by atoms with Crippen LogP contribution in [0.15, 0.2) is 23.1 Å². The van der Waals surface area contributed by atoms with Crippen molar-refractivity contribution in [3.8, 4) is 11.5 Å². The molecule has 0 bridgehead atoms. The molecule has 2 rings (SSSR count). The van der Waals surface area contributed by atoms with Gasteiger partial charge in [0.15, 0.2) is 0 Å². The van der Waals surface area contributed by atoms with E-state index in [0.717, 1.165) is 19.3 Å². The van der Waals surface area contributed by atoms with Crippen LogP contribution in [0, 0.1) is 5.92 Å². The number of hydrogen-bond donors (Lipinski definition) is 1. The van der Waals surface area contributed by atoms with Crippen LogP contribution in [-0.4, -0.2) is 52.6 Å². The maximum atomic E-state index is 13.0. The molecule has 1 aromatic carbocycles. The molecular formula is C19H30N2O5S. The first-order chi connectivity index (χ1) is 12.8. The van der Waals surface area contributed by atoms with Gasteiger partial charge in [0.1, 0.15) is 22.4 Å². The van der Waals surface area contributed by atoms with Crippen LogP contribution in [0.3, 0.4) is 0 Å². The molecule has 0 spiro atoms. The lowest BCUT2D eigenvalue weighted by atomic mass is 10.0. The van der Waals surface area contributed by atoms with Gasteiger partial charge in [-0.2, -0.15) is 4.72 Å². The predicted molar refractivity (Wildman–Crippen MR) is 104 cm³/mol. The molecule has 1 atom stereocenters. The van der Waals surface area contributed by atoms with Gasteiger partial charge in [-0.15, -0.1) is 0 Å². The summed E-state index contributed by atoms with van der Waals surface area (Å²) in [6, 6.07) is 3.77. The molecule has 8 heteroatoms. The highest BCUT2D eigenvalue weighted by molar-refractivity contribution is 7.89. The zero-order valence-corrected chi connectivity index (χ0v) is 17.3. The maximum Gasteiger partial charge on any atom is 0.245 e. The molecular weight excluding hydrogens is 368 g/mol. The topological polar surface area (TPSA) is 84.9 Å². The van der Waals surface area contributed by atoms with E-state index in [1.54, 1.807) is 11.0 Å². The van der Waals surface area contributed by atoms with Crippen molar-refractivity contribution in [2.75, 3.05) is 27.3 Å². The van der Waals surface area contributed by atoms with Gasteiger partial charge in [0.05, 0.1) is 14.2 Å². The Hall–Kier alpha value is -1.80. The molecule has 1 aliphatic heterocycles. The molecule has 1 amide bonds. The van der Waals surface area contributed by atoms with Gasteiger partial charge in [0, 0.05) is 19.2 Å². The molecule has 0 aromatic heterocycles. The number of hydrogen-bond acceptors (Lipinski definition) is 5. The number of rotatable bonds is 8. The Kier molecular flexibility index (Phi) is 7.49. The Morgan fingerprint density at radius 3 is 2.37 bits per heavy atom. The average Bonchev–Trinajstić information content (AvgIpc) is 2.66. The summed E-state index contributed by atoms with van der Waals surface area (Å²) in [6.45, 7) is 5.29. The number of likely N-dealkylation sites (tertiary alicyclic amines) is 1. The Labute approximate surface area is 162 Å². The normalized spacial score (nSPS) is 16.3. The molecule has 0 radical (unpaired) electrons. The largest absolute Gasteiger partial charge is 0.497 e. The van der Waals surface area contributed by atoms with Gasteiger partial charge >= 0.3 is 0 Å². The summed E-state index contributed by atoms with van der Waals surface area (Å²) in [5.41, 5.74) is 0. The van der Waals surface area contributed by atoms with E-state index in [1.165, 1.54) is 26.4 Å². The van der Waals surface area contributed by atoms with Crippen LogP contribution >= 0.6 is 0 Å². The van der Waals surface area contributed by atoms with Crippen LogP contribution in [0.1, 0.15) is 39.5 Å². The second-order valence-corrected chi connectivity index (χ2v) is 8.89. The van der Waals surface area contributed by atoms with Crippen molar-refractivity contribution < 1.29 is 22.7 Å². The number of amides is 1. The molecule has 0 aliphatic carbocycles. The average molecular weight is 399 g/mol. The molecule has 1 saturated heterocycles. The van der Waals surface area contributed by atoms with Gasteiger partial charge in [-0.1, -0.05) is 13.8 Å². The van der Waals surface area contributed by atoms with E-state index < -0.39 is 16.1 Å². The number of carbonyl (C=O) groups is 1. The fraction of sp³-hybridized carbons (Fsp3) is 0.632. The number of methoxy groups -OCH3 is 2. The first-order valence-corrected chi connectivity index (χ1v) is 10.8. The third-order valence-corrected chi connectivity index (χ3v) is 6.12. The first-order valence-electron chi connectivity index (χ1n) is 9.31. The fourth-order valence-corrected chi connectivity index (χ4v) is 4.64. The molecule has 0 unspecified atom stereocenters. The Bertz CT molecular complexity index is 742. The summed E-state index contributed by atoms with van der Waals surface area (Å²) < 4.78 is 39.0. The second-order valence-electron chi connectivity index (χ2n) is 7.21. The standard InChI is InChI=1S/C19H30N2O5S/c1-14(2)12-16(19(22)21-10-6-5-7-11-21)20-27(23,24)18-13-15(25-3)8-9-17(18)26-4/h8-9,13-14,16,20H,5-7,10-12H2,1-4H3/t16-/m0/s1. The van der Waals surface area contributed by atoms with Crippen molar-refractivity contribution in [2.24, 2.45) is 5.92 Å². The van der Waals surface area contributed by atoms with E-state index in [1.807, 2.05) is 13.8 Å². The van der Waals surface area contributed by atoms with Crippen LogP contribution in [-0.2, 0) is 14.8 Å². The molecule has 27 heavy (non-hydrogen) atoms. The van der Waals surface area contributed by atoms with Gasteiger partial charge in [-0.3, -0.25) is 4.79 Å². The Balaban J connectivity index is 2.31. The third-order valence-electron chi connectivity index (χ3n) is 4.63. The van der Waals surface area contributed by atoms with Crippen molar-refractivity contribution >= 4 is 15.9 Å². The number of carbonyl (C=O) groups excluding carboxylic acids is 1. The summed E-state index contributed by atoms with van der Waals surface area (Å²) in [4.78, 5) is 14.7. The quantitative estimate of drug-likeness (QED) is 0.727. The fourth-order valence-electron chi connectivity index (χ4n) is 3.25. The Morgan fingerprint density at radius 1 is 1.15 bits per heavy atom. The summed E-state index contributed by atoms with van der Waals surface area (Å²) in [5.74, 6) is 0.614. The van der Waals surface area contributed by atoms with E-state index in [9.17, 15) is 13.2 Å². The van der Waals surface area contributed by atoms with E-state index >= 15 is 0 Å². The maximum absolute atomic E-state index is 13.0. The lowest BCUT2D eigenvalue weighted by molar-refractivity contribution is -0.134. The molecule has 1 fully saturated rings. The number of piperidine rings is 1. The molecule has 152 valence electrons. The zero-order valence-electron chi connectivity index (χ0n) is 16.5. The van der Waals surface area contributed by atoms with Gasteiger partial charge in [0.2, 0.25) is 15.9 Å². The van der Waals surface area contributed by atoms with Crippen LogP contribution in [0.4, 0.5) is 0 Å². The van der Waals surface area contributed by atoms with E-state index in [4.69, 9.17) is 9.47 Å². The number of nitrogens with one attached hydrogen (secondary N) is 1. The minimum absolute atomic E-state index is 0.0375. The number of nitrogens with zero attached hydrogens (tertiary/aromatic N) is 1. The lowest BCUT2D eigenvalue weighted by Crippen LogP contribution is -2.50. The van der Waals surface area contributed by atoms with E-state index in [-0.39, 0.29) is 22.5 Å². The van der Waals surface area contributed by atoms with Gasteiger partial charge in [-0.25, -0.2) is 8.42 Å². The first kappa shape index (κ1) is 21.5. The minimum Gasteiger partial charge on any atom is -0.497 e. The summed E-state index contributed by atoms with van der Waals surface area (Å²) in [7, 11) is -1.09. The number of ether oxygens (including phenoxy) is 2. The van der Waals surface area contributed by atoms with Crippen LogP contribution in [0.2, 0.25) is 0 Å². The van der Waals surface area contributed by atoms with Crippen LogP contribution < -0.4 is 14.2 Å². The molecule has 7 nitrogen and oxygen atoms in total. The molecule has 1 aromatic rings. The summed E-state index contributed by atoms with van der Waals surface area (Å²) >= 11 is 0. The van der Waals surface area contributed by atoms with Crippen LogP contribution in [0.25, 0.3) is 0 Å². The SMILES string of the molecule is COc1ccc(OC)c(S(=O)(=O)N[C@@H](CC(C)C)C(=O)N2CCCCC2)c1. The number of sulfonamides is 1. The molecule has 1 heterocycles. The van der Waals surface area contributed by atoms with Gasteiger partial charge < -0.3 is 14.4 Å². The van der Waals surface area contributed by atoms with Gasteiger partial charge in [0.25, 0.3) is 0 Å². The Morgan fingerprint density at radius 2 is 1.81 bits per heavy atom. The second kappa shape index (κ2) is 9.41. The number of benzene rings is 1. The monoisotopic (exact) mass is 398 g/mol.